The highest BCUT2D eigenvalue weighted by atomic mass is 16.5. The van der Waals surface area contributed by atoms with E-state index in [0.29, 0.717) is 11.1 Å². The zero-order valence-electron chi connectivity index (χ0n) is 15.6. The first-order valence-electron chi connectivity index (χ1n) is 9.29. The lowest BCUT2D eigenvalue weighted by molar-refractivity contribution is 0.0955. The minimum atomic E-state index is -0.321. The van der Waals surface area contributed by atoms with E-state index in [2.05, 4.69) is 17.5 Å². The second kappa shape index (κ2) is 11.5. The second-order valence-electron chi connectivity index (χ2n) is 6.22. The molecule has 0 atom stereocenters. The Morgan fingerprint density at radius 3 is 2.44 bits per heavy atom. The third-order valence-electron chi connectivity index (χ3n) is 4.05. The maximum atomic E-state index is 12.0. The molecule has 0 spiro atoms. The Kier molecular flexibility index (Phi) is 8.58. The van der Waals surface area contributed by atoms with Crippen molar-refractivity contribution in [3.8, 4) is 11.8 Å². The summed E-state index contributed by atoms with van der Waals surface area (Å²) in [6.07, 6.45) is 7.66. The topological polar surface area (TPSA) is 74.5 Å². The van der Waals surface area contributed by atoms with Gasteiger partial charge in [0.25, 0.3) is 5.91 Å². The molecule has 0 heterocycles. The van der Waals surface area contributed by atoms with E-state index in [1.165, 1.54) is 25.7 Å². The van der Waals surface area contributed by atoms with Crippen LogP contribution < -0.4 is 10.2 Å². The first-order chi connectivity index (χ1) is 13.2. The van der Waals surface area contributed by atoms with Crippen molar-refractivity contribution in [2.24, 2.45) is 5.10 Å². The largest absolute Gasteiger partial charge is 0.494 e. The van der Waals surface area contributed by atoms with Crippen LogP contribution in [0.5, 0.6) is 5.75 Å². The average molecular weight is 363 g/mol. The van der Waals surface area contributed by atoms with Crippen molar-refractivity contribution in [1.29, 1.82) is 5.26 Å². The normalized spacial score (nSPS) is 10.5. The number of rotatable bonds is 10. The number of nitrogens with zero attached hydrogens (tertiary/aromatic N) is 2. The average Bonchev–Trinajstić information content (AvgIpc) is 2.71. The molecule has 1 N–H and O–H groups in total. The van der Waals surface area contributed by atoms with Gasteiger partial charge < -0.3 is 4.74 Å². The van der Waals surface area contributed by atoms with Crippen LogP contribution in [0, 0.1) is 11.3 Å². The number of hydrogen-bond acceptors (Lipinski definition) is 4. The van der Waals surface area contributed by atoms with Crippen LogP contribution in [0.25, 0.3) is 0 Å². The first kappa shape index (κ1) is 20.2. The highest BCUT2D eigenvalue weighted by Crippen LogP contribution is 2.12. The minimum Gasteiger partial charge on any atom is -0.494 e. The molecule has 0 aliphatic heterocycles. The van der Waals surface area contributed by atoms with Gasteiger partial charge in [-0.05, 0) is 60.5 Å². The van der Waals surface area contributed by atoms with E-state index in [0.717, 1.165) is 24.3 Å². The van der Waals surface area contributed by atoms with Gasteiger partial charge in [-0.15, -0.1) is 0 Å². The van der Waals surface area contributed by atoms with Crippen molar-refractivity contribution in [3.63, 3.8) is 0 Å². The van der Waals surface area contributed by atoms with E-state index in [-0.39, 0.29) is 5.91 Å². The van der Waals surface area contributed by atoms with Crippen LogP contribution in [-0.2, 0) is 0 Å². The summed E-state index contributed by atoms with van der Waals surface area (Å²) in [4.78, 5) is 12.0. The Bertz CT molecular complexity index is 775. The molecule has 0 aliphatic carbocycles. The number of nitrogens with one attached hydrogen (secondary N) is 1. The molecule has 0 aromatic heterocycles. The van der Waals surface area contributed by atoms with Crippen molar-refractivity contribution in [2.75, 3.05) is 6.61 Å². The lowest BCUT2D eigenvalue weighted by Gasteiger charge is -2.06. The molecule has 0 aliphatic rings. The van der Waals surface area contributed by atoms with Crippen molar-refractivity contribution >= 4 is 12.1 Å². The third kappa shape index (κ3) is 7.33. The molecular weight excluding hydrogens is 338 g/mol. The van der Waals surface area contributed by atoms with Gasteiger partial charge in [-0.25, -0.2) is 5.43 Å². The van der Waals surface area contributed by atoms with Crippen LogP contribution in [0.15, 0.2) is 53.6 Å². The monoisotopic (exact) mass is 363 g/mol. The van der Waals surface area contributed by atoms with Gasteiger partial charge in [0.1, 0.15) is 5.75 Å². The Balaban J connectivity index is 1.74. The molecule has 140 valence electrons. The number of hydrazone groups is 1. The number of amides is 1. The minimum absolute atomic E-state index is 0.321. The smallest absolute Gasteiger partial charge is 0.271 e. The molecule has 5 heteroatoms. The van der Waals surface area contributed by atoms with E-state index >= 15 is 0 Å². The quantitative estimate of drug-likeness (QED) is 0.379. The summed E-state index contributed by atoms with van der Waals surface area (Å²) in [6.45, 7) is 2.94. The Hall–Kier alpha value is -3.13. The van der Waals surface area contributed by atoms with Crippen molar-refractivity contribution < 1.29 is 9.53 Å². The molecule has 0 saturated heterocycles. The third-order valence-corrected chi connectivity index (χ3v) is 4.05. The van der Waals surface area contributed by atoms with E-state index in [4.69, 9.17) is 10.00 Å². The zero-order valence-corrected chi connectivity index (χ0v) is 15.6. The molecule has 2 rings (SSSR count). The van der Waals surface area contributed by atoms with E-state index in [1.807, 2.05) is 30.3 Å². The molecule has 0 unspecified atom stereocenters. The van der Waals surface area contributed by atoms with E-state index in [1.54, 1.807) is 30.5 Å². The maximum absolute atomic E-state index is 12.0. The fourth-order valence-electron chi connectivity index (χ4n) is 2.47. The van der Waals surface area contributed by atoms with Crippen LogP contribution in [0.3, 0.4) is 0 Å². The summed E-state index contributed by atoms with van der Waals surface area (Å²) < 4.78 is 5.72. The summed E-state index contributed by atoms with van der Waals surface area (Å²) in [5.74, 6) is 0.517. The maximum Gasteiger partial charge on any atom is 0.271 e. The zero-order chi connectivity index (χ0) is 19.3. The number of unbranched alkanes of at least 4 members (excludes halogenated alkanes) is 4. The summed E-state index contributed by atoms with van der Waals surface area (Å²) in [5, 5.41) is 12.7. The van der Waals surface area contributed by atoms with E-state index < -0.39 is 0 Å². The molecule has 27 heavy (non-hydrogen) atoms. The van der Waals surface area contributed by atoms with Gasteiger partial charge >= 0.3 is 0 Å². The number of carbonyl (C=O) groups is 1. The molecule has 2 aromatic carbocycles. The van der Waals surface area contributed by atoms with Gasteiger partial charge in [0.15, 0.2) is 0 Å². The number of carbonyl (C=O) groups excluding carboxylic acids is 1. The van der Waals surface area contributed by atoms with Crippen LogP contribution in [-0.4, -0.2) is 18.7 Å². The van der Waals surface area contributed by atoms with Crippen LogP contribution >= 0.6 is 0 Å². The standard InChI is InChI=1S/C22H25N3O2/c1-2-3-4-5-6-15-27-21-13-9-19(10-14-21)17-24-25-22(26)20-11-7-18(16-23)8-12-20/h7-14,17H,2-6,15H2,1H3,(H,25,26)/b24-17-. The molecule has 0 fully saturated rings. The summed E-state index contributed by atoms with van der Waals surface area (Å²) in [7, 11) is 0. The molecule has 2 aromatic rings. The fourth-order valence-corrected chi connectivity index (χ4v) is 2.47. The summed E-state index contributed by atoms with van der Waals surface area (Å²) in [6, 6.07) is 16.0. The lowest BCUT2D eigenvalue weighted by Crippen LogP contribution is -2.17. The highest BCUT2D eigenvalue weighted by Gasteiger charge is 2.03. The molecule has 0 bridgehead atoms. The van der Waals surface area contributed by atoms with Gasteiger partial charge in [-0.1, -0.05) is 32.6 Å². The molecule has 5 nitrogen and oxygen atoms in total. The van der Waals surface area contributed by atoms with Crippen molar-refractivity contribution in [2.45, 2.75) is 39.0 Å². The van der Waals surface area contributed by atoms with Gasteiger partial charge in [0, 0.05) is 5.56 Å². The predicted octanol–water partition coefficient (Wildman–Crippen LogP) is 4.67. The highest BCUT2D eigenvalue weighted by molar-refractivity contribution is 5.94. The molecule has 1 amide bonds. The Morgan fingerprint density at radius 1 is 1.07 bits per heavy atom. The molecule has 0 radical (unpaired) electrons. The first-order valence-corrected chi connectivity index (χ1v) is 9.29. The molecule has 0 saturated carbocycles. The second-order valence-corrected chi connectivity index (χ2v) is 6.22. The van der Waals surface area contributed by atoms with Crippen molar-refractivity contribution in [1.82, 2.24) is 5.43 Å². The van der Waals surface area contributed by atoms with E-state index in [9.17, 15) is 4.79 Å². The van der Waals surface area contributed by atoms with Gasteiger partial charge in [-0.2, -0.15) is 10.4 Å². The predicted molar refractivity (Wildman–Crippen MR) is 107 cm³/mol. The van der Waals surface area contributed by atoms with Gasteiger partial charge in [-0.3, -0.25) is 4.79 Å². The number of benzene rings is 2. The number of ether oxygens (including phenoxy) is 1. The van der Waals surface area contributed by atoms with Crippen LogP contribution in [0.4, 0.5) is 0 Å². The van der Waals surface area contributed by atoms with Crippen molar-refractivity contribution in [3.05, 3.63) is 65.2 Å². The fraction of sp³-hybridized carbons (Fsp3) is 0.318. The van der Waals surface area contributed by atoms with Crippen LogP contribution in [0.2, 0.25) is 0 Å². The molecular formula is C22H25N3O2. The van der Waals surface area contributed by atoms with Gasteiger partial charge in [0.2, 0.25) is 0 Å². The number of nitriles is 1. The van der Waals surface area contributed by atoms with Crippen LogP contribution in [0.1, 0.15) is 60.5 Å². The lowest BCUT2D eigenvalue weighted by atomic mass is 10.1. The Labute approximate surface area is 160 Å². The van der Waals surface area contributed by atoms with Gasteiger partial charge in [0.05, 0.1) is 24.5 Å². The summed E-state index contributed by atoms with van der Waals surface area (Å²) in [5.41, 5.74) is 4.31. The number of hydrogen-bond donors (Lipinski definition) is 1. The SMILES string of the molecule is CCCCCCCOc1ccc(/C=N\NC(=O)c2ccc(C#N)cc2)cc1. The Morgan fingerprint density at radius 2 is 1.78 bits per heavy atom. The summed E-state index contributed by atoms with van der Waals surface area (Å²) >= 11 is 0.